The number of esters is 1. The maximum Gasteiger partial charge on any atom is 0.340 e. The van der Waals surface area contributed by atoms with E-state index in [1.54, 1.807) is 12.1 Å². The van der Waals surface area contributed by atoms with Crippen molar-refractivity contribution >= 4 is 29.3 Å². The predicted octanol–water partition coefficient (Wildman–Crippen LogP) is 4.30. The van der Waals surface area contributed by atoms with E-state index < -0.39 is 0 Å². The lowest BCUT2D eigenvalue weighted by Crippen LogP contribution is -2.15. The Labute approximate surface area is 114 Å². The number of benzene rings is 2. The monoisotopic (exact) mass is 276 g/mol. The van der Waals surface area contributed by atoms with Crippen molar-refractivity contribution in [3.63, 3.8) is 0 Å². The van der Waals surface area contributed by atoms with Crippen molar-refractivity contribution < 1.29 is 9.53 Å². The molecular weight excluding hydrogens is 268 g/mol. The van der Waals surface area contributed by atoms with Crippen molar-refractivity contribution in [1.82, 2.24) is 0 Å². The lowest BCUT2D eigenvalue weighted by atomic mass is 10.2. The van der Waals surface area contributed by atoms with Crippen LogP contribution in [-0.2, 0) is 4.74 Å². The van der Waals surface area contributed by atoms with Crippen molar-refractivity contribution in [3.8, 4) is 0 Å². The molecule has 0 spiro atoms. The number of thioether (sulfide) groups is 1. The van der Waals surface area contributed by atoms with E-state index in [4.69, 9.17) is 16.3 Å². The van der Waals surface area contributed by atoms with Gasteiger partial charge in [0.2, 0.25) is 0 Å². The highest BCUT2D eigenvalue weighted by Crippen LogP contribution is 2.42. The summed E-state index contributed by atoms with van der Waals surface area (Å²) in [6.45, 7) is 0. The summed E-state index contributed by atoms with van der Waals surface area (Å²) in [5, 5.41) is 0.642. The standard InChI is InChI=1S/C14H9ClO2S/c15-10-5-3-4-9(8-10)14-17-13(16)11-6-1-2-7-12(11)18-14/h1-8,14H. The van der Waals surface area contributed by atoms with E-state index in [0.29, 0.717) is 10.6 Å². The number of rotatable bonds is 1. The third-order valence-electron chi connectivity index (χ3n) is 2.68. The van der Waals surface area contributed by atoms with Gasteiger partial charge < -0.3 is 4.74 Å². The molecule has 0 saturated carbocycles. The first-order valence-corrected chi connectivity index (χ1v) is 6.72. The molecule has 1 heterocycles. The smallest absolute Gasteiger partial charge is 0.340 e. The Kier molecular flexibility index (Phi) is 3.02. The molecule has 1 aliphatic rings. The van der Waals surface area contributed by atoms with Gasteiger partial charge in [0.05, 0.1) is 5.56 Å². The molecule has 2 aromatic rings. The fraction of sp³-hybridized carbons (Fsp3) is 0.0714. The van der Waals surface area contributed by atoms with Crippen LogP contribution in [0.3, 0.4) is 0 Å². The van der Waals surface area contributed by atoms with E-state index in [0.717, 1.165) is 10.5 Å². The normalized spacial score (nSPS) is 18.1. The van der Waals surface area contributed by atoms with Gasteiger partial charge in [0.25, 0.3) is 0 Å². The molecule has 3 rings (SSSR count). The van der Waals surface area contributed by atoms with Crippen LogP contribution in [-0.4, -0.2) is 5.97 Å². The number of ether oxygens (including phenoxy) is 1. The average molecular weight is 277 g/mol. The first-order chi connectivity index (χ1) is 8.74. The highest BCUT2D eigenvalue weighted by atomic mass is 35.5. The lowest BCUT2D eigenvalue weighted by molar-refractivity contribution is 0.0440. The second kappa shape index (κ2) is 4.67. The number of carbonyl (C=O) groups is 1. The molecule has 0 aliphatic carbocycles. The number of cyclic esters (lactones) is 1. The number of carbonyl (C=O) groups excluding carboxylic acids is 1. The second-order valence-electron chi connectivity index (χ2n) is 3.91. The molecule has 0 amide bonds. The predicted molar refractivity (Wildman–Crippen MR) is 71.9 cm³/mol. The van der Waals surface area contributed by atoms with Crippen LogP contribution in [0.15, 0.2) is 53.4 Å². The number of halogens is 1. The molecular formula is C14H9ClO2S. The molecule has 1 unspecified atom stereocenters. The minimum Gasteiger partial charge on any atom is -0.442 e. The summed E-state index contributed by atoms with van der Waals surface area (Å²) in [4.78, 5) is 12.8. The Morgan fingerprint density at radius 1 is 1.11 bits per heavy atom. The van der Waals surface area contributed by atoms with Gasteiger partial charge in [-0.3, -0.25) is 0 Å². The molecule has 0 fully saturated rings. The number of hydrogen-bond acceptors (Lipinski definition) is 3. The maximum atomic E-state index is 11.9. The van der Waals surface area contributed by atoms with E-state index in [1.807, 2.05) is 36.4 Å². The number of hydrogen-bond donors (Lipinski definition) is 0. The van der Waals surface area contributed by atoms with E-state index in [-0.39, 0.29) is 11.4 Å². The van der Waals surface area contributed by atoms with Crippen molar-refractivity contribution in [2.45, 2.75) is 10.3 Å². The molecule has 0 bridgehead atoms. The van der Waals surface area contributed by atoms with Crippen LogP contribution in [0.5, 0.6) is 0 Å². The Morgan fingerprint density at radius 3 is 2.78 bits per heavy atom. The van der Waals surface area contributed by atoms with Crippen LogP contribution < -0.4 is 0 Å². The van der Waals surface area contributed by atoms with E-state index in [1.165, 1.54) is 11.8 Å². The third kappa shape index (κ3) is 2.11. The topological polar surface area (TPSA) is 26.3 Å². The molecule has 0 saturated heterocycles. The summed E-state index contributed by atoms with van der Waals surface area (Å²) < 4.78 is 5.42. The van der Waals surface area contributed by atoms with Crippen molar-refractivity contribution in [1.29, 1.82) is 0 Å². The first kappa shape index (κ1) is 11.6. The Hall–Kier alpha value is -1.45. The summed E-state index contributed by atoms with van der Waals surface area (Å²) in [6.07, 6.45) is 0. The van der Waals surface area contributed by atoms with Crippen molar-refractivity contribution in [2.75, 3.05) is 0 Å². The van der Waals surface area contributed by atoms with Crippen LogP contribution in [0.2, 0.25) is 5.02 Å². The molecule has 90 valence electrons. The maximum absolute atomic E-state index is 11.9. The van der Waals surface area contributed by atoms with Crippen molar-refractivity contribution in [2.24, 2.45) is 0 Å². The molecule has 1 atom stereocenters. The Bertz CT molecular complexity index is 612. The van der Waals surface area contributed by atoms with Crippen LogP contribution in [0, 0.1) is 0 Å². The molecule has 2 aromatic carbocycles. The Balaban J connectivity index is 1.97. The van der Waals surface area contributed by atoms with Gasteiger partial charge in [0, 0.05) is 15.5 Å². The van der Waals surface area contributed by atoms with Gasteiger partial charge in [-0.05, 0) is 24.3 Å². The van der Waals surface area contributed by atoms with Gasteiger partial charge in [0.15, 0.2) is 5.44 Å². The van der Waals surface area contributed by atoms with Crippen LogP contribution in [0.25, 0.3) is 0 Å². The van der Waals surface area contributed by atoms with Gasteiger partial charge in [-0.25, -0.2) is 4.79 Å². The zero-order valence-corrected chi connectivity index (χ0v) is 10.9. The van der Waals surface area contributed by atoms with Gasteiger partial charge in [0.1, 0.15) is 0 Å². The first-order valence-electron chi connectivity index (χ1n) is 5.46. The van der Waals surface area contributed by atoms with Gasteiger partial charge in [-0.15, -0.1) is 0 Å². The van der Waals surface area contributed by atoms with E-state index in [9.17, 15) is 4.79 Å². The van der Waals surface area contributed by atoms with E-state index >= 15 is 0 Å². The van der Waals surface area contributed by atoms with Crippen LogP contribution in [0.1, 0.15) is 21.4 Å². The molecule has 4 heteroatoms. The largest absolute Gasteiger partial charge is 0.442 e. The average Bonchev–Trinajstić information content (AvgIpc) is 2.39. The summed E-state index contributed by atoms with van der Waals surface area (Å²) in [5.74, 6) is -0.283. The number of fused-ring (bicyclic) bond motifs is 1. The summed E-state index contributed by atoms with van der Waals surface area (Å²) >= 11 is 7.47. The molecule has 1 aliphatic heterocycles. The minimum atomic E-state index is -0.328. The lowest BCUT2D eigenvalue weighted by Gasteiger charge is -2.24. The Morgan fingerprint density at radius 2 is 1.94 bits per heavy atom. The summed E-state index contributed by atoms with van der Waals surface area (Å²) in [7, 11) is 0. The van der Waals surface area contributed by atoms with Crippen LogP contribution >= 0.6 is 23.4 Å². The molecule has 0 aromatic heterocycles. The highest BCUT2D eigenvalue weighted by molar-refractivity contribution is 7.99. The zero-order valence-electron chi connectivity index (χ0n) is 9.30. The fourth-order valence-corrected chi connectivity index (χ4v) is 3.11. The van der Waals surface area contributed by atoms with Crippen LogP contribution in [0.4, 0.5) is 0 Å². The SMILES string of the molecule is O=C1OC(c2cccc(Cl)c2)Sc2ccccc21. The third-order valence-corrected chi connectivity index (χ3v) is 4.10. The van der Waals surface area contributed by atoms with Gasteiger partial charge in [-0.1, -0.05) is 47.6 Å². The summed E-state index contributed by atoms with van der Waals surface area (Å²) in [5.41, 5.74) is 1.20. The highest BCUT2D eigenvalue weighted by Gasteiger charge is 2.27. The molecule has 18 heavy (non-hydrogen) atoms. The minimum absolute atomic E-state index is 0.283. The second-order valence-corrected chi connectivity index (χ2v) is 5.45. The molecule has 2 nitrogen and oxygen atoms in total. The quantitative estimate of drug-likeness (QED) is 0.727. The van der Waals surface area contributed by atoms with Gasteiger partial charge >= 0.3 is 5.97 Å². The zero-order chi connectivity index (χ0) is 12.5. The molecule has 0 N–H and O–H groups in total. The van der Waals surface area contributed by atoms with Crippen molar-refractivity contribution in [3.05, 3.63) is 64.7 Å². The summed E-state index contributed by atoms with van der Waals surface area (Å²) in [6, 6.07) is 14.8. The van der Waals surface area contributed by atoms with E-state index in [2.05, 4.69) is 0 Å². The van der Waals surface area contributed by atoms with Gasteiger partial charge in [-0.2, -0.15) is 0 Å². The fourth-order valence-electron chi connectivity index (χ4n) is 1.83. The molecule has 0 radical (unpaired) electrons.